The molecule has 0 saturated carbocycles. The van der Waals surface area contributed by atoms with Gasteiger partial charge in [0.15, 0.2) is 5.65 Å². The van der Waals surface area contributed by atoms with E-state index in [0.29, 0.717) is 43.1 Å². The molecule has 0 aliphatic carbocycles. The van der Waals surface area contributed by atoms with E-state index >= 15 is 0 Å². The van der Waals surface area contributed by atoms with Gasteiger partial charge in [-0.05, 0) is 49.6 Å². The molecular formula is C22H18FN5O2. The second-order valence-electron chi connectivity index (χ2n) is 7.64. The second kappa shape index (κ2) is 6.48. The van der Waals surface area contributed by atoms with Gasteiger partial charge in [-0.2, -0.15) is 0 Å². The maximum atomic E-state index is 14.7. The number of fused-ring (bicyclic) bond motifs is 3. The first-order valence-corrected chi connectivity index (χ1v) is 9.91. The van der Waals surface area contributed by atoms with Crippen LogP contribution in [0, 0.1) is 12.7 Å². The molecule has 0 saturated heterocycles. The molecule has 1 atom stereocenters. The predicted molar refractivity (Wildman–Crippen MR) is 106 cm³/mol. The van der Waals surface area contributed by atoms with Crippen LogP contribution in [0.2, 0.25) is 0 Å². The van der Waals surface area contributed by atoms with Crippen molar-refractivity contribution in [3.63, 3.8) is 0 Å². The van der Waals surface area contributed by atoms with Crippen molar-refractivity contribution in [3.8, 4) is 22.8 Å². The van der Waals surface area contributed by atoms with Crippen molar-refractivity contribution >= 4 is 5.65 Å². The number of aromatic nitrogens is 5. The SMILES string of the molecule is Cc1nccc(-c2cc3c(n4cnnc24)CCc2c(F)ccc4c2[C@H](CO4)CO3)n1. The van der Waals surface area contributed by atoms with Crippen LogP contribution < -0.4 is 9.47 Å². The number of pyridine rings is 1. The zero-order valence-corrected chi connectivity index (χ0v) is 16.3. The minimum atomic E-state index is -0.194. The molecule has 30 heavy (non-hydrogen) atoms. The van der Waals surface area contributed by atoms with Gasteiger partial charge in [0.05, 0.1) is 30.5 Å². The average Bonchev–Trinajstić information content (AvgIpc) is 3.39. The lowest BCUT2D eigenvalue weighted by molar-refractivity contribution is 0.246. The molecule has 6 rings (SSSR count). The molecule has 7 nitrogen and oxygen atoms in total. The van der Waals surface area contributed by atoms with Gasteiger partial charge in [0.25, 0.3) is 0 Å². The molecule has 0 N–H and O–H groups in total. The van der Waals surface area contributed by atoms with Gasteiger partial charge in [0.2, 0.25) is 0 Å². The number of benzene rings is 1. The van der Waals surface area contributed by atoms with Crippen molar-refractivity contribution < 1.29 is 13.9 Å². The van der Waals surface area contributed by atoms with Crippen LogP contribution in [0.3, 0.4) is 0 Å². The molecule has 2 aliphatic rings. The molecule has 4 aromatic rings. The van der Waals surface area contributed by atoms with E-state index in [9.17, 15) is 4.39 Å². The predicted octanol–water partition coefficient (Wildman–Crippen LogP) is 3.29. The molecule has 0 unspecified atom stereocenters. The van der Waals surface area contributed by atoms with Crippen LogP contribution in [0.4, 0.5) is 4.39 Å². The van der Waals surface area contributed by atoms with Crippen molar-refractivity contribution in [2.24, 2.45) is 0 Å². The fourth-order valence-electron chi connectivity index (χ4n) is 4.46. The third kappa shape index (κ3) is 2.56. The summed E-state index contributed by atoms with van der Waals surface area (Å²) in [5.74, 6) is 1.97. The van der Waals surface area contributed by atoms with Gasteiger partial charge in [-0.1, -0.05) is 0 Å². The van der Waals surface area contributed by atoms with Crippen molar-refractivity contribution in [1.82, 2.24) is 24.6 Å². The first kappa shape index (κ1) is 17.3. The van der Waals surface area contributed by atoms with E-state index in [1.165, 1.54) is 6.07 Å². The van der Waals surface area contributed by atoms with Gasteiger partial charge in [-0.25, -0.2) is 14.4 Å². The standard InChI is InChI=1S/C22H18FN5O2/c1-12-24-7-6-17(26-12)15-8-20-18(28-11-25-27-22(15)28)4-2-14-16(23)3-5-19-21(14)13(9-29-19)10-30-20/h3,5-8,11,13H,2,4,9-10H2,1H3/t13-/m1/s1. The molecule has 1 aromatic carbocycles. The van der Waals surface area contributed by atoms with Crippen molar-refractivity contribution in [3.05, 3.63) is 65.3 Å². The van der Waals surface area contributed by atoms with Gasteiger partial charge in [-0.15, -0.1) is 10.2 Å². The summed E-state index contributed by atoms with van der Waals surface area (Å²) in [7, 11) is 0. The Kier molecular flexibility index (Phi) is 3.74. The van der Waals surface area contributed by atoms with Gasteiger partial charge < -0.3 is 9.47 Å². The molecule has 150 valence electrons. The van der Waals surface area contributed by atoms with Crippen LogP contribution in [-0.2, 0) is 12.8 Å². The third-order valence-electron chi connectivity index (χ3n) is 5.85. The Balaban J connectivity index is 1.52. The van der Waals surface area contributed by atoms with E-state index in [4.69, 9.17) is 9.47 Å². The zero-order valence-electron chi connectivity index (χ0n) is 16.3. The van der Waals surface area contributed by atoms with Crippen LogP contribution in [0.15, 0.2) is 36.8 Å². The van der Waals surface area contributed by atoms with Crippen molar-refractivity contribution in [2.45, 2.75) is 25.7 Å². The largest absolute Gasteiger partial charge is 0.493 e. The summed E-state index contributed by atoms with van der Waals surface area (Å²) in [5, 5.41) is 8.43. The van der Waals surface area contributed by atoms with Gasteiger partial charge >= 0.3 is 0 Å². The number of halogens is 1. The van der Waals surface area contributed by atoms with Gasteiger partial charge in [0, 0.05) is 17.3 Å². The van der Waals surface area contributed by atoms with E-state index in [-0.39, 0.29) is 11.7 Å². The summed E-state index contributed by atoms with van der Waals surface area (Å²) in [6.45, 7) is 2.75. The maximum absolute atomic E-state index is 14.7. The topological polar surface area (TPSA) is 74.4 Å². The zero-order chi connectivity index (χ0) is 20.2. The van der Waals surface area contributed by atoms with Crippen LogP contribution in [0.5, 0.6) is 11.5 Å². The fraction of sp³-hybridized carbons (Fsp3) is 0.273. The highest BCUT2D eigenvalue weighted by Gasteiger charge is 2.31. The average molecular weight is 403 g/mol. The quantitative estimate of drug-likeness (QED) is 0.486. The number of nitrogens with zero attached hydrogens (tertiary/aromatic N) is 5. The fourth-order valence-corrected chi connectivity index (χ4v) is 4.46. The summed E-state index contributed by atoms with van der Waals surface area (Å²) < 4.78 is 28.7. The highest BCUT2D eigenvalue weighted by atomic mass is 19.1. The molecule has 5 heterocycles. The Labute approximate surface area is 171 Å². The molecule has 2 aliphatic heterocycles. The monoisotopic (exact) mass is 403 g/mol. The summed E-state index contributed by atoms with van der Waals surface area (Å²) >= 11 is 0. The highest BCUT2D eigenvalue weighted by molar-refractivity contribution is 5.76. The Hall–Kier alpha value is -3.55. The van der Waals surface area contributed by atoms with Crippen LogP contribution in [-0.4, -0.2) is 37.8 Å². The number of hydrogen-bond donors (Lipinski definition) is 0. The lowest BCUT2D eigenvalue weighted by Gasteiger charge is -2.16. The lowest BCUT2D eigenvalue weighted by atomic mass is 9.93. The van der Waals surface area contributed by atoms with E-state index in [2.05, 4.69) is 20.2 Å². The molecule has 0 amide bonds. The molecule has 0 bridgehead atoms. The summed E-state index contributed by atoms with van der Waals surface area (Å²) in [4.78, 5) is 8.73. The molecule has 3 aromatic heterocycles. The Morgan fingerprint density at radius 1 is 1.10 bits per heavy atom. The number of hydrogen-bond acceptors (Lipinski definition) is 6. The summed E-state index contributed by atoms with van der Waals surface area (Å²) in [6.07, 6.45) is 4.54. The summed E-state index contributed by atoms with van der Waals surface area (Å²) in [5.41, 5.74) is 4.84. The minimum absolute atomic E-state index is 0.00185. The Bertz CT molecular complexity index is 1300. The van der Waals surface area contributed by atoms with Crippen LogP contribution >= 0.6 is 0 Å². The van der Waals surface area contributed by atoms with E-state index in [0.717, 1.165) is 34.0 Å². The first-order chi connectivity index (χ1) is 14.7. The van der Waals surface area contributed by atoms with Crippen LogP contribution in [0.25, 0.3) is 16.9 Å². The number of ether oxygens (including phenoxy) is 2. The van der Waals surface area contributed by atoms with E-state index in [1.54, 1.807) is 18.6 Å². The smallest absolute Gasteiger partial charge is 0.170 e. The summed E-state index contributed by atoms with van der Waals surface area (Å²) in [6, 6.07) is 7.02. The molecule has 0 spiro atoms. The highest BCUT2D eigenvalue weighted by Crippen LogP contribution is 2.41. The normalized spacial score (nSPS) is 17.3. The number of rotatable bonds is 1. The molecule has 0 radical (unpaired) electrons. The van der Waals surface area contributed by atoms with Crippen molar-refractivity contribution in [2.75, 3.05) is 13.2 Å². The molecular weight excluding hydrogens is 385 g/mol. The molecule has 8 heteroatoms. The van der Waals surface area contributed by atoms with Crippen molar-refractivity contribution in [1.29, 1.82) is 0 Å². The van der Waals surface area contributed by atoms with Gasteiger partial charge in [-0.3, -0.25) is 4.40 Å². The van der Waals surface area contributed by atoms with Gasteiger partial charge in [0.1, 0.15) is 29.5 Å². The number of aryl methyl sites for hydroxylation is 2. The minimum Gasteiger partial charge on any atom is -0.493 e. The second-order valence-corrected chi connectivity index (χ2v) is 7.64. The maximum Gasteiger partial charge on any atom is 0.170 e. The lowest BCUT2D eigenvalue weighted by Crippen LogP contribution is -2.13. The first-order valence-electron chi connectivity index (χ1n) is 9.91. The van der Waals surface area contributed by atoms with E-state index in [1.807, 2.05) is 23.5 Å². The third-order valence-corrected chi connectivity index (χ3v) is 5.85. The van der Waals surface area contributed by atoms with Crippen LogP contribution in [0.1, 0.15) is 28.6 Å². The Morgan fingerprint density at radius 3 is 2.83 bits per heavy atom. The molecule has 0 fully saturated rings. The van der Waals surface area contributed by atoms with E-state index < -0.39 is 0 Å². The Morgan fingerprint density at radius 2 is 1.97 bits per heavy atom.